The Hall–Kier alpha value is -1.00. The van der Waals surface area contributed by atoms with Crippen molar-refractivity contribution in [2.24, 2.45) is 0 Å². The SMILES string of the molecule is CCCNc1ncccc1CSc1cccc(Br)c1. The number of anilines is 1. The highest BCUT2D eigenvalue weighted by Crippen LogP contribution is 2.27. The minimum absolute atomic E-state index is 0.927. The average molecular weight is 337 g/mol. The van der Waals surface area contributed by atoms with Crippen molar-refractivity contribution < 1.29 is 0 Å². The summed E-state index contributed by atoms with van der Waals surface area (Å²) in [5, 5.41) is 3.38. The third-order valence-electron chi connectivity index (χ3n) is 2.62. The first-order valence-electron chi connectivity index (χ1n) is 6.35. The second kappa shape index (κ2) is 7.56. The summed E-state index contributed by atoms with van der Waals surface area (Å²) in [6, 6.07) is 12.5. The zero-order valence-electron chi connectivity index (χ0n) is 10.9. The average Bonchev–Trinajstić information content (AvgIpc) is 2.44. The second-order valence-electron chi connectivity index (χ2n) is 4.18. The van der Waals surface area contributed by atoms with Crippen molar-refractivity contribution in [2.75, 3.05) is 11.9 Å². The summed E-state index contributed by atoms with van der Waals surface area (Å²) in [5.41, 5.74) is 1.25. The molecule has 1 heterocycles. The summed E-state index contributed by atoms with van der Waals surface area (Å²) >= 11 is 5.32. The first-order valence-corrected chi connectivity index (χ1v) is 8.13. The fourth-order valence-corrected chi connectivity index (χ4v) is 3.17. The maximum absolute atomic E-state index is 4.41. The number of nitrogens with one attached hydrogen (secondary N) is 1. The number of rotatable bonds is 6. The number of hydrogen-bond acceptors (Lipinski definition) is 3. The molecule has 1 aromatic heterocycles. The maximum Gasteiger partial charge on any atom is 0.129 e. The van der Waals surface area contributed by atoms with Crippen molar-refractivity contribution in [3.8, 4) is 0 Å². The number of pyridine rings is 1. The van der Waals surface area contributed by atoms with E-state index in [0.717, 1.165) is 29.0 Å². The lowest BCUT2D eigenvalue weighted by Gasteiger charge is -2.10. The van der Waals surface area contributed by atoms with E-state index >= 15 is 0 Å². The van der Waals surface area contributed by atoms with Gasteiger partial charge < -0.3 is 5.32 Å². The van der Waals surface area contributed by atoms with Crippen molar-refractivity contribution >= 4 is 33.5 Å². The largest absolute Gasteiger partial charge is 0.370 e. The summed E-state index contributed by atoms with van der Waals surface area (Å²) in [6.07, 6.45) is 2.94. The molecule has 0 bridgehead atoms. The van der Waals surface area contributed by atoms with Crippen LogP contribution in [0.2, 0.25) is 0 Å². The van der Waals surface area contributed by atoms with Gasteiger partial charge in [0.1, 0.15) is 5.82 Å². The number of nitrogens with zero attached hydrogens (tertiary/aromatic N) is 1. The molecular formula is C15H17BrN2S. The first kappa shape index (κ1) is 14.4. The number of benzene rings is 1. The van der Waals surface area contributed by atoms with Gasteiger partial charge in [0.25, 0.3) is 0 Å². The molecule has 1 N–H and O–H groups in total. The molecule has 0 saturated carbocycles. The predicted molar refractivity (Wildman–Crippen MR) is 86.7 cm³/mol. The monoisotopic (exact) mass is 336 g/mol. The highest BCUT2D eigenvalue weighted by atomic mass is 79.9. The molecule has 1 aromatic carbocycles. The Morgan fingerprint density at radius 2 is 2.16 bits per heavy atom. The van der Waals surface area contributed by atoms with E-state index in [1.54, 1.807) is 0 Å². The molecule has 0 spiro atoms. The van der Waals surface area contributed by atoms with Gasteiger partial charge in [0.2, 0.25) is 0 Å². The highest BCUT2D eigenvalue weighted by Gasteiger charge is 2.03. The molecule has 0 radical (unpaired) electrons. The molecule has 0 amide bonds. The lowest BCUT2D eigenvalue weighted by molar-refractivity contribution is 0.965. The standard InChI is InChI=1S/C15H17BrN2S/c1-2-8-17-15-12(5-4-9-18-15)11-19-14-7-3-6-13(16)10-14/h3-7,9-10H,2,8,11H2,1H3,(H,17,18). The third kappa shape index (κ3) is 4.55. The molecule has 19 heavy (non-hydrogen) atoms. The molecule has 2 rings (SSSR count). The molecule has 0 aliphatic heterocycles. The van der Waals surface area contributed by atoms with E-state index < -0.39 is 0 Å². The quantitative estimate of drug-likeness (QED) is 0.754. The van der Waals surface area contributed by atoms with E-state index in [0.29, 0.717) is 0 Å². The molecular weight excluding hydrogens is 320 g/mol. The number of aromatic nitrogens is 1. The van der Waals surface area contributed by atoms with Crippen LogP contribution < -0.4 is 5.32 Å². The molecule has 4 heteroatoms. The Bertz CT molecular complexity index is 531. The van der Waals surface area contributed by atoms with Gasteiger partial charge in [0.15, 0.2) is 0 Å². The van der Waals surface area contributed by atoms with Gasteiger partial charge in [-0.25, -0.2) is 4.98 Å². The van der Waals surface area contributed by atoms with E-state index in [-0.39, 0.29) is 0 Å². The second-order valence-corrected chi connectivity index (χ2v) is 6.15. The normalized spacial score (nSPS) is 10.4. The Morgan fingerprint density at radius 1 is 1.26 bits per heavy atom. The van der Waals surface area contributed by atoms with E-state index in [1.807, 2.05) is 30.1 Å². The van der Waals surface area contributed by atoms with Gasteiger partial charge in [0.05, 0.1) is 0 Å². The van der Waals surface area contributed by atoms with Crippen molar-refractivity contribution in [2.45, 2.75) is 24.0 Å². The van der Waals surface area contributed by atoms with Gasteiger partial charge in [-0.1, -0.05) is 35.0 Å². The number of hydrogen-bond donors (Lipinski definition) is 1. The van der Waals surface area contributed by atoms with Crippen LogP contribution in [0.1, 0.15) is 18.9 Å². The highest BCUT2D eigenvalue weighted by molar-refractivity contribution is 9.10. The summed E-state index contributed by atoms with van der Waals surface area (Å²) in [4.78, 5) is 5.68. The van der Waals surface area contributed by atoms with Crippen molar-refractivity contribution in [1.29, 1.82) is 0 Å². The summed E-state index contributed by atoms with van der Waals surface area (Å²) in [6.45, 7) is 3.12. The minimum Gasteiger partial charge on any atom is -0.370 e. The zero-order chi connectivity index (χ0) is 13.5. The Kier molecular flexibility index (Phi) is 5.73. The number of halogens is 1. The first-order chi connectivity index (χ1) is 9.29. The Morgan fingerprint density at radius 3 is 2.95 bits per heavy atom. The Labute approximate surface area is 127 Å². The molecule has 0 unspecified atom stereocenters. The van der Waals surface area contributed by atoms with Gasteiger partial charge in [0, 0.05) is 33.4 Å². The number of thioether (sulfide) groups is 1. The van der Waals surface area contributed by atoms with Crippen molar-refractivity contribution in [3.05, 3.63) is 52.6 Å². The van der Waals surface area contributed by atoms with E-state index in [2.05, 4.69) is 57.4 Å². The third-order valence-corrected chi connectivity index (χ3v) is 4.16. The molecule has 100 valence electrons. The molecule has 2 aromatic rings. The van der Waals surface area contributed by atoms with Gasteiger partial charge in [-0.3, -0.25) is 0 Å². The van der Waals surface area contributed by atoms with Crippen LogP contribution in [0.25, 0.3) is 0 Å². The van der Waals surface area contributed by atoms with E-state index in [9.17, 15) is 0 Å². The summed E-state index contributed by atoms with van der Waals surface area (Å²) in [7, 11) is 0. The lowest BCUT2D eigenvalue weighted by atomic mass is 10.3. The van der Waals surface area contributed by atoms with Crippen LogP contribution in [0.5, 0.6) is 0 Å². The zero-order valence-corrected chi connectivity index (χ0v) is 13.3. The molecule has 0 aliphatic rings. The van der Waals surface area contributed by atoms with E-state index in [1.165, 1.54) is 10.5 Å². The molecule has 0 aliphatic carbocycles. The molecule has 0 fully saturated rings. The maximum atomic E-state index is 4.41. The minimum atomic E-state index is 0.927. The topological polar surface area (TPSA) is 24.9 Å². The van der Waals surface area contributed by atoms with Crippen LogP contribution in [0, 0.1) is 0 Å². The van der Waals surface area contributed by atoms with Crippen LogP contribution in [0.3, 0.4) is 0 Å². The fraction of sp³-hybridized carbons (Fsp3) is 0.267. The van der Waals surface area contributed by atoms with Crippen LogP contribution in [0.4, 0.5) is 5.82 Å². The summed E-state index contributed by atoms with van der Waals surface area (Å²) in [5.74, 6) is 1.93. The Balaban J connectivity index is 2.02. The van der Waals surface area contributed by atoms with Crippen LogP contribution in [-0.4, -0.2) is 11.5 Å². The molecule has 2 nitrogen and oxygen atoms in total. The van der Waals surface area contributed by atoms with Crippen LogP contribution in [-0.2, 0) is 5.75 Å². The van der Waals surface area contributed by atoms with Gasteiger partial charge >= 0.3 is 0 Å². The lowest BCUT2D eigenvalue weighted by Crippen LogP contribution is -2.04. The molecule has 0 saturated heterocycles. The van der Waals surface area contributed by atoms with Crippen molar-refractivity contribution in [3.63, 3.8) is 0 Å². The van der Waals surface area contributed by atoms with Gasteiger partial charge in [-0.2, -0.15) is 0 Å². The molecule has 0 atom stereocenters. The van der Waals surface area contributed by atoms with Crippen molar-refractivity contribution in [1.82, 2.24) is 4.98 Å². The fourth-order valence-electron chi connectivity index (χ4n) is 1.68. The van der Waals surface area contributed by atoms with E-state index in [4.69, 9.17) is 0 Å². The summed E-state index contributed by atoms with van der Waals surface area (Å²) < 4.78 is 1.12. The van der Waals surface area contributed by atoms with Gasteiger partial charge in [-0.15, -0.1) is 11.8 Å². The predicted octanol–water partition coefficient (Wildman–Crippen LogP) is 4.96. The van der Waals surface area contributed by atoms with Crippen LogP contribution >= 0.6 is 27.7 Å². The smallest absolute Gasteiger partial charge is 0.129 e. The van der Waals surface area contributed by atoms with Gasteiger partial charge in [-0.05, 0) is 30.7 Å². The van der Waals surface area contributed by atoms with Crippen LogP contribution in [0.15, 0.2) is 52.0 Å².